The highest BCUT2D eigenvalue weighted by atomic mass is 32.2. The lowest BCUT2D eigenvalue weighted by Crippen LogP contribution is -2.49. The summed E-state index contributed by atoms with van der Waals surface area (Å²) in [6, 6.07) is 12.8. The van der Waals surface area contributed by atoms with Gasteiger partial charge in [-0.2, -0.15) is 0 Å². The van der Waals surface area contributed by atoms with Crippen LogP contribution in [-0.2, 0) is 21.4 Å². The van der Waals surface area contributed by atoms with E-state index in [9.17, 15) is 22.4 Å². The quantitative estimate of drug-likeness (QED) is 0.276. The van der Waals surface area contributed by atoms with Crippen molar-refractivity contribution < 1.29 is 22.4 Å². The van der Waals surface area contributed by atoms with Crippen LogP contribution in [0.15, 0.2) is 59.6 Å². The summed E-state index contributed by atoms with van der Waals surface area (Å²) in [6.45, 7) is 2.58. The molecule has 12 nitrogen and oxygen atoms in total. The highest BCUT2D eigenvalue weighted by Crippen LogP contribution is 2.35. The summed E-state index contributed by atoms with van der Waals surface area (Å²) in [5.74, 6) is -0.844. The summed E-state index contributed by atoms with van der Waals surface area (Å²) in [6.07, 6.45) is 1.29. The van der Waals surface area contributed by atoms with Gasteiger partial charge in [0.15, 0.2) is 10.9 Å². The fourth-order valence-electron chi connectivity index (χ4n) is 4.16. The van der Waals surface area contributed by atoms with E-state index in [0.717, 1.165) is 11.8 Å². The smallest absolute Gasteiger partial charge is 0.328 e. The standard InChI is InChI=1S/C26H25FN8O4S2/c1-15-23(22-20(27)13-29-24(33-22)31-17-4-3-5-19(12-17)41(28,38)39)40-26(30-15)34(2)14-16-6-8-18(9-7-16)35-11-10-21(36)32-25(35)37/h3-9,12-13H,10-11,14H2,1-2H3,(H2,28,38,39)(H,29,31,33)(H,32,36,37). The monoisotopic (exact) mass is 596 g/mol. The van der Waals surface area contributed by atoms with Crippen molar-refractivity contribution in [3.63, 3.8) is 0 Å². The molecule has 1 aliphatic heterocycles. The molecule has 0 spiro atoms. The molecule has 1 fully saturated rings. The van der Waals surface area contributed by atoms with E-state index in [1.807, 2.05) is 36.2 Å². The van der Waals surface area contributed by atoms with Crippen molar-refractivity contribution in [3.05, 3.63) is 71.8 Å². The van der Waals surface area contributed by atoms with Crippen molar-refractivity contribution in [3.8, 4) is 10.6 Å². The Morgan fingerprint density at radius 2 is 1.93 bits per heavy atom. The molecule has 5 rings (SSSR count). The number of aryl methyl sites for hydroxylation is 1. The van der Waals surface area contributed by atoms with E-state index in [2.05, 4.69) is 25.6 Å². The minimum Gasteiger partial charge on any atom is -0.347 e. The third kappa shape index (κ3) is 6.32. The number of amides is 3. The van der Waals surface area contributed by atoms with Gasteiger partial charge in [-0.05, 0) is 42.8 Å². The van der Waals surface area contributed by atoms with Crippen molar-refractivity contribution in [2.75, 3.05) is 28.7 Å². The first kappa shape index (κ1) is 28.1. The molecule has 3 heterocycles. The number of primary sulfonamides is 1. The van der Waals surface area contributed by atoms with Gasteiger partial charge in [0.1, 0.15) is 5.69 Å². The molecular weight excluding hydrogens is 571 g/mol. The van der Waals surface area contributed by atoms with Crippen LogP contribution in [0.5, 0.6) is 0 Å². The number of aromatic nitrogens is 3. The Balaban J connectivity index is 1.32. The zero-order chi connectivity index (χ0) is 29.3. The molecule has 2 aromatic carbocycles. The van der Waals surface area contributed by atoms with Crippen LogP contribution in [-0.4, -0.2) is 48.9 Å². The molecule has 1 saturated heterocycles. The number of thiazole rings is 1. The number of nitrogens with one attached hydrogen (secondary N) is 2. The minimum absolute atomic E-state index is 0.0578. The van der Waals surface area contributed by atoms with Gasteiger partial charge < -0.3 is 10.2 Å². The van der Waals surface area contributed by atoms with Gasteiger partial charge in [-0.3, -0.25) is 15.0 Å². The molecule has 0 radical (unpaired) electrons. The van der Waals surface area contributed by atoms with Crippen LogP contribution < -0.4 is 25.6 Å². The predicted octanol–water partition coefficient (Wildman–Crippen LogP) is 3.52. The number of hydrogen-bond acceptors (Lipinski definition) is 10. The summed E-state index contributed by atoms with van der Waals surface area (Å²) in [5.41, 5.74) is 2.66. The molecule has 2 aromatic heterocycles. The van der Waals surface area contributed by atoms with E-state index in [1.165, 1.54) is 34.4 Å². The van der Waals surface area contributed by atoms with E-state index in [4.69, 9.17) is 5.14 Å². The topological polar surface area (TPSA) is 164 Å². The number of anilines is 4. The third-order valence-corrected chi connectivity index (χ3v) is 8.40. The minimum atomic E-state index is -3.90. The number of urea groups is 1. The molecule has 1 aliphatic rings. The van der Waals surface area contributed by atoms with Gasteiger partial charge in [-0.1, -0.05) is 29.5 Å². The number of nitrogens with two attached hydrogens (primary N) is 1. The van der Waals surface area contributed by atoms with Gasteiger partial charge in [0.05, 0.1) is 21.7 Å². The van der Waals surface area contributed by atoms with E-state index in [-0.39, 0.29) is 28.9 Å². The highest BCUT2D eigenvalue weighted by Gasteiger charge is 2.24. The maximum absolute atomic E-state index is 14.9. The Labute approximate surface area is 239 Å². The summed E-state index contributed by atoms with van der Waals surface area (Å²) in [5, 5.41) is 11.0. The van der Waals surface area contributed by atoms with E-state index in [0.29, 0.717) is 40.2 Å². The lowest BCUT2D eigenvalue weighted by Gasteiger charge is -2.26. The molecule has 15 heteroatoms. The van der Waals surface area contributed by atoms with Crippen molar-refractivity contribution >= 4 is 55.8 Å². The van der Waals surface area contributed by atoms with Gasteiger partial charge >= 0.3 is 6.03 Å². The van der Waals surface area contributed by atoms with Crippen LogP contribution in [0.2, 0.25) is 0 Å². The molecule has 4 N–H and O–H groups in total. The average molecular weight is 597 g/mol. The molecular formula is C26H25FN8O4S2. The Morgan fingerprint density at radius 1 is 1.17 bits per heavy atom. The zero-order valence-electron chi connectivity index (χ0n) is 22.0. The zero-order valence-corrected chi connectivity index (χ0v) is 23.6. The number of carbonyl (C=O) groups is 2. The van der Waals surface area contributed by atoms with Crippen LogP contribution in [0.3, 0.4) is 0 Å². The second-order valence-electron chi connectivity index (χ2n) is 9.28. The number of benzene rings is 2. The molecule has 41 heavy (non-hydrogen) atoms. The normalized spacial score (nSPS) is 13.7. The van der Waals surface area contributed by atoms with Gasteiger partial charge in [-0.15, -0.1) is 0 Å². The molecule has 0 saturated carbocycles. The average Bonchev–Trinajstić information content (AvgIpc) is 3.31. The summed E-state index contributed by atoms with van der Waals surface area (Å²) < 4.78 is 38.2. The lowest BCUT2D eigenvalue weighted by molar-refractivity contribution is -0.120. The number of rotatable bonds is 8. The predicted molar refractivity (Wildman–Crippen MR) is 153 cm³/mol. The lowest BCUT2D eigenvalue weighted by atomic mass is 10.1. The maximum Gasteiger partial charge on any atom is 0.328 e. The Kier molecular flexibility index (Phi) is 7.66. The van der Waals surface area contributed by atoms with Crippen LogP contribution in [0, 0.1) is 12.7 Å². The number of carbonyl (C=O) groups excluding carboxylic acids is 2. The first-order chi connectivity index (χ1) is 19.5. The van der Waals surface area contributed by atoms with Crippen LogP contribution in [0.25, 0.3) is 10.6 Å². The summed E-state index contributed by atoms with van der Waals surface area (Å²) in [7, 11) is -2.04. The molecule has 3 amide bonds. The molecule has 0 unspecified atom stereocenters. The molecule has 212 valence electrons. The van der Waals surface area contributed by atoms with Crippen molar-refractivity contribution in [2.24, 2.45) is 5.14 Å². The van der Waals surface area contributed by atoms with Crippen molar-refractivity contribution in [1.82, 2.24) is 20.3 Å². The summed E-state index contributed by atoms with van der Waals surface area (Å²) in [4.78, 5) is 40.3. The first-order valence-corrected chi connectivity index (χ1v) is 14.7. The van der Waals surface area contributed by atoms with E-state index < -0.39 is 21.9 Å². The van der Waals surface area contributed by atoms with E-state index >= 15 is 0 Å². The van der Waals surface area contributed by atoms with Crippen LogP contribution >= 0.6 is 11.3 Å². The fraction of sp³-hybridized carbons (Fsp3) is 0.192. The second-order valence-corrected chi connectivity index (χ2v) is 11.8. The van der Waals surface area contributed by atoms with Crippen LogP contribution in [0.1, 0.15) is 17.7 Å². The number of nitrogens with zero attached hydrogens (tertiary/aromatic N) is 5. The van der Waals surface area contributed by atoms with Crippen molar-refractivity contribution in [1.29, 1.82) is 0 Å². The fourth-order valence-corrected chi connectivity index (χ4v) is 5.74. The van der Waals surface area contributed by atoms with Gasteiger partial charge in [0.25, 0.3) is 0 Å². The Hall–Kier alpha value is -4.47. The Bertz CT molecular complexity index is 1740. The number of hydrogen-bond donors (Lipinski definition) is 3. The second kappa shape index (κ2) is 11.2. The van der Waals surface area contributed by atoms with E-state index in [1.54, 1.807) is 13.0 Å². The van der Waals surface area contributed by atoms with Crippen LogP contribution in [0.4, 0.5) is 31.6 Å². The van der Waals surface area contributed by atoms with Gasteiger partial charge in [0, 0.05) is 37.9 Å². The van der Waals surface area contributed by atoms with Gasteiger partial charge in [0.2, 0.25) is 21.9 Å². The van der Waals surface area contributed by atoms with Crippen molar-refractivity contribution in [2.45, 2.75) is 24.8 Å². The largest absolute Gasteiger partial charge is 0.347 e. The highest BCUT2D eigenvalue weighted by molar-refractivity contribution is 7.89. The molecule has 0 bridgehead atoms. The number of sulfonamides is 1. The summed E-state index contributed by atoms with van der Waals surface area (Å²) >= 11 is 1.27. The number of imide groups is 1. The SMILES string of the molecule is Cc1nc(N(C)Cc2ccc(N3CCC(=O)NC3=O)cc2)sc1-c1nc(Nc2cccc(S(N)(=O)=O)c2)ncc1F. The number of halogens is 1. The van der Waals surface area contributed by atoms with Gasteiger partial charge in [-0.25, -0.2) is 37.7 Å². The third-order valence-electron chi connectivity index (χ3n) is 6.21. The first-order valence-electron chi connectivity index (χ1n) is 12.3. The molecule has 0 aliphatic carbocycles. The Morgan fingerprint density at radius 3 is 2.63 bits per heavy atom. The molecule has 0 atom stereocenters. The molecule has 4 aromatic rings. The maximum atomic E-state index is 14.9.